The van der Waals surface area contributed by atoms with Crippen LogP contribution in [0.2, 0.25) is 0 Å². The van der Waals surface area contributed by atoms with Crippen molar-refractivity contribution >= 4 is 21.8 Å². The van der Waals surface area contributed by atoms with Crippen molar-refractivity contribution in [2.75, 3.05) is 18.1 Å². The average Bonchev–Trinajstić information content (AvgIpc) is 2.09. The number of sulfonamides is 1. The number of nitrogens with zero attached hydrogens (tertiary/aromatic N) is 2. The molecule has 0 aromatic carbocycles. The minimum Gasteiger partial charge on any atom is -0.211 e. The lowest BCUT2D eigenvalue weighted by Crippen LogP contribution is -2.48. The van der Waals surface area contributed by atoms with Crippen molar-refractivity contribution in [3.63, 3.8) is 0 Å². The SMILES string of the molecule is CC1SCCN(S(=O)(=O)CC#N)C1C. The Morgan fingerprint density at radius 2 is 2.21 bits per heavy atom. The maximum atomic E-state index is 11.6. The van der Waals surface area contributed by atoms with Crippen LogP contribution in [0.5, 0.6) is 0 Å². The highest BCUT2D eigenvalue weighted by molar-refractivity contribution is 8.00. The van der Waals surface area contributed by atoms with Crippen molar-refractivity contribution in [2.45, 2.75) is 25.1 Å². The molecule has 80 valence electrons. The summed E-state index contributed by atoms with van der Waals surface area (Å²) in [4.78, 5) is 0. The first-order chi connectivity index (χ1) is 6.49. The molecular weight excluding hydrogens is 220 g/mol. The van der Waals surface area contributed by atoms with Crippen LogP contribution in [0.1, 0.15) is 13.8 Å². The van der Waals surface area contributed by atoms with E-state index in [1.807, 2.05) is 13.8 Å². The molecule has 0 N–H and O–H groups in total. The van der Waals surface area contributed by atoms with Gasteiger partial charge in [0.1, 0.15) is 0 Å². The van der Waals surface area contributed by atoms with Gasteiger partial charge in [0, 0.05) is 23.6 Å². The van der Waals surface area contributed by atoms with Gasteiger partial charge in [0.25, 0.3) is 0 Å². The molecule has 14 heavy (non-hydrogen) atoms. The molecule has 1 saturated heterocycles. The molecule has 2 atom stereocenters. The van der Waals surface area contributed by atoms with Crippen LogP contribution >= 0.6 is 11.8 Å². The van der Waals surface area contributed by atoms with Crippen LogP contribution in [0.15, 0.2) is 0 Å². The molecule has 1 aliphatic rings. The summed E-state index contributed by atoms with van der Waals surface area (Å²) in [5.41, 5.74) is 0. The van der Waals surface area contributed by atoms with E-state index in [1.165, 1.54) is 4.31 Å². The Hall–Kier alpha value is -0.250. The Labute approximate surface area is 89.3 Å². The molecule has 4 nitrogen and oxygen atoms in total. The van der Waals surface area contributed by atoms with Gasteiger partial charge < -0.3 is 0 Å². The second kappa shape index (κ2) is 4.51. The summed E-state index contributed by atoms with van der Waals surface area (Å²) in [6.45, 7) is 4.44. The summed E-state index contributed by atoms with van der Waals surface area (Å²) in [7, 11) is -3.36. The van der Waals surface area contributed by atoms with Gasteiger partial charge in [0.15, 0.2) is 5.75 Å². The minimum absolute atomic E-state index is 0.00731. The maximum Gasteiger partial charge on any atom is 0.227 e. The van der Waals surface area contributed by atoms with E-state index in [1.54, 1.807) is 17.8 Å². The lowest BCUT2D eigenvalue weighted by Gasteiger charge is -2.35. The number of thioether (sulfide) groups is 1. The monoisotopic (exact) mass is 234 g/mol. The van der Waals surface area contributed by atoms with E-state index in [-0.39, 0.29) is 6.04 Å². The maximum absolute atomic E-state index is 11.6. The molecule has 0 radical (unpaired) electrons. The van der Waals surface area contributed by atoms with Crippen LogP contribution in [0.3, 0.4) is 0 Å². The van der Waals surface area contributed by atoms with Gasteiger partial charge in [-0.15, -0.1) is 0 Å². The molecule has 0 spiro atoms. The minimum atomic E-state index is -3.36. The van der Waals surface area contributed by atoms with Crippen molar-refractivity contribution in [1.29, 1.82) is 5.26 Å². The molecule has 0 aromatic rings. The van der Waals surface area contributed by atoms with E-state index in [9.17, 15) is 8.42 Å². The molecule has 1 fully saturated rings. The molecule has 0 saturated carbocycles. The van der Waals surface area contributed by atoms with Gasteiger partial charge in [-0.2, -0.15) is 21.3 Å². The number of hydrogen-bond donors (Lipinski definition) is 0. The molecule has 1 heterocycles. The van der Waals surface area contributed by atoms with E-state index in [0.717, 1.165) is 5.75 Å². The molecule has 0 aliphatic carbocycles. The van der Waals surface area contributed by atoms with E-state index in [2.05, 4.69) is 0 Å². The molecule has 0 aromatic heterocycles. The summed E-state index contributed by atoms with van der Waals surface area (Å²) in [6.07, 6.45) is 0. The Bertz CT molecular complexity index is 334. The third-order valence-electron chi connectivity index (χ3n) is 2.43. The number of nitriles is 1. The molecule has 1 aliphatic heterocycles. The fourth-order valence-corrected chi connectivity index (χ4v) is 4.14. The van der Waals surface area contributed by atoms with E-state index >= 15 is 0 Å². The summed E-state index contributed by atoms with van der Waals surface area (Å²) in [5.74, 6) is 0.408. The van der Waals surface area contributed by atoms with Crippen LogP contribution in [0, 0.1) is 11.3 Å². The molecule has 0 amide bonds. The highest BCUT2D eigenvalue weighted by Gasteiger charge is 2.33. The van der Waals surface area contributed by atoms with Crippen molar-refractivity contribution in [2.24, 2.45) is 0 Å². The van der Waals surface area contributed by atoms with Crippen LogP contribution in [-0.2, 0) is 10.0 Å². The number of rotatable bonds is 2. The Morgan fingerprint density at radius 3 is 2.79 bits per heavy atom. The predicted octanol–water partition coefficient (Wildman–Crippen LogP) is 0.666. The van der Waals surface area contributed by atoms with Gasteiger partial charge in [-0.05, 0) is 6.92 Å². The third kappa shape index (κ3) is 2.41. The third-order valence-corrected chi connectivity index (χ3v) is 5.49. The Balaban J connectivity index is 2.82. The van der Waals surface area contributed by atoms with Gasteiger partial charge in [-0.25, -0.2) is 8.42 Å². The first-order valence-electron chi connectivity index (χ1n) is 4.47. The summed E-state index contributed by atoms with van der Waals surface area (Å²) in [6, 6.07) is 1.70. The highest BCUT2D eigenvalue weighted by atomic mass is 32.2. The normalized spacial score (nSPS) is 29.8. The molecular formula is C8H14N2O2S2. The first kappa shape index (κ1) is 11.8. The summed E-state index contributed by atoms with van der Waals surface area (Å²) in [5, 5.41) is 8.73. The Morgan fingerprint density at radius 1 is 1.57 bits per heavy atom. The highest BCUT2D eigenvalue weighted by Crippen LogP contribution is 2.26. The van der Waals surface area contributed by atoms with Crippen molar-refractivity contribution < 1.29 is 8.42 Å². The fraction of sp³-hybridized carbons (Fsp3) is 0.875. The van der Waals surface area contributed by atoms with Crippen LogP contribution in [0.4, 0.5) is 0 Å². The molecule has 1 rings (SSSR count). The quantitative estimate of drug-likeness (QED) is 0.704. The van der Waals surface area contributed by atoms with E-state index in [4.69, 9.17) is 5.26 Å². The first-order valence-corrected chi connectivity index (χ1v) is 7.13. The van der Waals surface area contributed by atoms with Crippen LogP contribution in [0.25, 0.3) is 0 Å². The van der Waals surface area contributed by atoms with Gasteiger partial charge in [0.2, 0.25) is 10.0 Å². The predicted molar refractivity (Wildman–Crippen MR) is 57.5 cm³/mol. The molecule has 0 bridgehead atoms. The molecule has 6 heteroatoms. The second-order valence-electron chi connectivity index (χ2n) is 3.34. The van der Waals surface area contributed by atoms with Gasteiger partial charge in [-0.3, -0.25) is 0 Å². The van der Waals surface area contributed by atoms with Crippen molar-refractivity contribution in [3.05, 3.63) is 0 Å². The van der Waals surface area contributed by atoms with Crippen LogP contribution < -0.4 is 0 Å². The summed E-state index contributed by atoms with van der Waals surface area (Å²) < 4.78 is 24.7. The average molecular weight is 234 g/mol. The lowest BCUT2D eigenvalue weighted by molar-refractivity contribution is 0.342. The second-order valence-corrected chi connectivity index (χ2v) is 6.75. The van der Waals surface area contributed by atoms with Gasteiger partial charge in [0.05, 0.1) is 6.07 Å². The lowest BCUT2D eigenvalue weighted by atomic mass is 10.2. The Kier molecular flexibility index (Phi) is 3.81. The van der Waals surface area contributed by atoms with E-state index in [0.29, 0.717) is 11.8 Å². The van der Waals surface area contributed by atoms with Crippen LogP contribution in [-0.4, -0.2) is 42.1 Å². The summed E-state index contributed by atoms with van der Waals surface area (Å²) >= 11 is 1.78. The largest absolute Gasteiger partial charge is 0.227 e. The molecule has 2 unspecified atom stereocenters. The van der Waals surface area contributed by atoms with Gasteiger partial charge >= 0.3 is 0 Å². The van der Waals surface area contributed by atoms with Crippen molar-refractivity contribution in [3.8, 4) is 6.07 Å². The zero-order chi connectivity index (χ0) is 10.8. The fourth-order valence-electron chi connectivity index (χ4n) is 1.46. The zero-order valence-electron chi connectivity index (χ0n) is 8.30. The standard InChI is InChI=1S/C8H14N2O2S2/c1-7-8(2)13-5-4-10(7)14(11,12)6-3-9/h7-8H,4-6H2,1-2H3. The number of hydrogen-bond acceptors (Lipinski definition) is 4. The topological polar surface area (TPSA) is 61.2 Å². The smallest absolute Gasteiger partial charge is 0.211 e. The van der Waals surface area contributed by atoms with Crippen molar-refractivity contribution in [1.82, 2.24) is 4.31 Å². The van der Waals surface area contributed by atoms with E-state index < -0.39 is 15.8 Å². The van der Waals surface area contributed by atoms with Gasteiger partial charge in [-0.1, -0.05) is 6.92 Å². The zero-order valence-corrected chi connectivity index (χ0v) is 9.94.